The minimum atomic E-state index is -0.607. The van der Waals surface area contributed by atoms with Gasteiger partial charge >= 0.3 is 11.9 Å². The molecule has 24 heavy (non-hydrogen) atoms. The topological polar surface area (TPSA) is 52.6 Å². The normalized spacial score (nSPS) is 12.9. The van der Waals surface area contributed by atoms with Crippen LogP contribution in [-0.2, 0) is 9.47 Å². The van der Waals surface area contributed by atoms with E-state index in [4.69, 9.17) is 9.47 Å². The molecule has 0 fully saturated rings. The van der Waals surface area contributed by atoms with Crippen LogP contribution < -0.4 is 0 Å². The maximum Gasteiger partial charge on any atom is 0.338 e. The highest BCUT2D eigenvalue weighted by Crippen LogP contribution is 2.15. The van der Waals surface area contributed by atoms with Crippen molar-refractivity contribution in [3.05, 3.63) is 71.8 Å². The van der Waals surface area contributed by atoms with Gasteiger partial charge in [-0.15, -0.1) is 0 Å². The minimum absolute atomic E-state index is 0.351. The largest absolute Gasteiger partial charge is 0.454 e. The number of carbonyl (C=O) groups excluding carboxylic acids is 2. The van der Waals surface area contributed by atoms with E-state index in [9.17, 15) is 9.59 Å². The minimum Gasteiger partial charge on any atom is -0.454 e. The summed E-state index contributed by atoms with van der Waals surface area (Å²) >= 11 is 6.63. The van der Waals surface area contributed by atoms with Crippen molar-refractivity contribution in [2.45, 2.75) is 12.2 Å². The molecule has 0 N–H and O–H groups in total. The number of ether oxygens (including phenoxy) is 2. The molecule has 126 valence electrons. The summed E-state index contributed by atoms with van der Waals surface area (Å²) in [5.74, 6) is -0.913. The van der Waals surface area contributed by atoms with Gasteiger partial charge in [-0.3, -0.25) is 0 Å². The van der Waals surface area contributed by atoms with Crippen molar-refractivity contribution in [3.63, 3.8) is 0 Å². The van der Waals surface area contributed by atoms with E-state index in [1.165, 1.54) is 0 Å². The van der Waals surface area contributed by atoms with Gasteiger partial charge in [-0.05, 0) is 24.3 Å². The van der Waals surface area contributed by atoms with Crippen molar-refractivity contribution in [1.82, 2.24) is 0 Å². The average Bonchev–Trinajstić information content (AvgIpc) is 2.65. The molecule has 0 spiro atoms. The maximum atomic E-state index is 12.2. The van der Waals surface area contributed by atoms with E-state index in [1.54, 1.807) is 48.5 Å². The lowest BCUT2D eigenvalue weighted by Crippen LogP contribution is -2.37. The van der Waals surface area contributed by atoms with Gasteiger partial charge in [0.1, 0.15) is 12.2 Å². The first-order chi connectivity index (χ1) is 11.7. The van der Waals surface area contributed by atoms with Gasteiger partial charge in [0.05, 0.1) is 11.1 Å². The lowest BCUT2D eigenvalue weighted by molar-refractivity contribution is -0.0202. The molecule has 0 amide bonds. The summed E-state index contributed by atoms with van der Waals surface area (Å²) in [6, 6.07) is 17.4. The molecule has 0 bridgehead atoms. The summed E-state index contributed by atoms with van der Waals surface area (Å²) in [4.78, 5) is 24.4. The zero-order chi connectivity index (χ0) is 17.4. The van der Waals surface area contributed by atoms with E-state index in [0.29, 0.717) is 21.8 Å². The van der Waals surface area contributed by atoms with Gasteiger partial charge in [0.15, 0.2) is 0 Å². The number of carbonyl (C=O) groups is 2. The Balaban J connectivity index is 2.03. The van der Waals surface area contributed by atoms with Crippen LogP contribution in [0.1, 0.15) is 20.7 Å². The van der Waals surface area contributed by atoms with Crippen molar-refractivity contribution in [3.8, 4) is 0 Å². The number of esters is 2. The number of alkyl halides is 2. The van der Waals surface area contributed by atoms with Gasteiger partial charge in [0.2, 0.25) is 0 Å². The molecule has 6 heteroatoms. The predicted octanol–water partition coefficient (Wildman–Crippen LogP) is 4.23. The van der Waals surface area contributed by atoms with Crippen LogP contribution >= 0.6 is 31.9 Å². The van der Waals surface area contributed by atoms with Crippen molar-refractivity contribution in [2.24, 2.45) is 0 Å². The van der Waals surface area contributed by atoms with Gasteiger partial charge < -0.3 is 9.47 Å². The first-order valence-corrected chi connectivity index (χ1v) is 9.54. The molecule has 0 aliphatic heterocycles. The summed E-state index contributed by atoms with van der Waals surface area (Å²) in [7, 11) is 0. The molecule has 2 atom stereocenters. The molecule has 0 aliphatic rings. The first kappa shape index (κ1) is 18.7. The number of hydrogen-bond acceptors (Lipinski definition) is 4. The Bertz CT molecular complexity index is 602. The van der Waals surface area contributed by atoms with Crippen LogP contribution in [0.3, 0.4) is 0 Å². The van der Waals surface area contributed by atoms with Crippen LogP contribution in [-0.4, -0.2) is 34.8 Å². The Morgan fingerprint density at radius 1 is 0.708 bits per heavy atom. The van der Waals surface area contributed by atoms with Crippen molar-refractivity contribution in [2.75, 3.05) is 10.7 Å². The van der Waals surface area contributed by atoms with Crippen LogP contribution in [0, 0.1) is 0 Å². The smallest absolute Gasteiger partial charge is 0.338 e. The number of hydrogen-bond donors (Lipinski definition) is 0. The third kappa shape index (κ3) is 5.18. The van der Waals surface area contributed by atoms with Crippen molar-refractivity contribution < 1.29 is 19.1 Å². The number of halogens is 2. The molecule has 0 aliphatic carbocycles. The van der Waals surface area contributed by atoms with E-state index in [2.05, 4.69) is 31.9 Å². The second-order valence-corrected chi connectivity index (χ2v) is 6.22. The Labute approximate surface area is 157 Å². The molecule has 2 aromatic rings. The van der Waals surface area contributed by atoms with Crippen LogP contribution in [0.15, 0.2) is 60.7 Å². The Hall–Kier alpha value is -1.66. The quantitative estimate of drug-likeness (QED) is 0.463. The van der Waals surface area contributed by atoms with E-state index < -0.39 is 24.1 Å². The fourth-order valence-corrected chi connectivity index (χ4v) is 3.07. The summed E-state index contributed by atoms with van der Waals surface area (Å²) in [5, 5.41) is 0.702. The third-order valence-electron chi connectivity index (χ3n) is 3.25. The average molecular weight is 456 g/mol. The fraction of sp³-hybridized carbons (Fsp3) is 0.222. The Kier molecular flexibility index (Phi) is 7.46. The van der Waals surface area contributed by atoms with Crippen LogP contribution in [0.2, 0.25) is 0 Å². The first-order valence-electron chi connectivity index (χ1n) is 7.29. The van der Waals surface area contributed by atoms with Gasteiger partial charge in [-0.2, -0.15) is 0 Å². The van der Waals surface area contributed by atoms with Crippen LogP contribution in [0.4, 0.5) is 0 Å². The van der Waals surface area contributed by atoms with E-state index in [-0.39, 0.29) is 0 Å². The Morgan fingerprint density at radius 2 is 1.04 bits per heavy atom. The predicted molar refractivity (Wildman–Crippen MR) is 98.9 cm³/mol. The Morgan fingerprint density at radius 3 is 1.33 bits per heavy atom. The zero-order valence-electron chi connectivity index (χ0n) is 12.7. The fourth-order valence-electron chi connectivity index (χ4n) is 1.97. The molecular weight excluding hydrogens is 440 g/mol. The number of rotatable bonds is 7. The molecule has 2 aromatic carbocycles. The molecule has 0 heterocycles. The van der Waals surface area contributed by atoms with Crippen molar-refractivity contribution in [1.29, 1.82) is 0 Å². The summed E-state index contributed by atoms with van der Waals surface area (Å²) in [6.45, 7) is 0. The molecule has 0 saturated heterocycles. The highest BCUT2D eigenvalue weighted by atomic mass is 79.9. The van der Waals surface area contributed by atoms with Crippen molar-refractivity contribution >= 4 is 43.8 Å². The molecule has 2 rings (SSSR count). The highest BCUT2D eigenvalue weighted by Gasteiger charge is 2.28. The summed E-state index contributed by atoms with van der Waals surface area (Å²) in [6.07, 6.45) is -1.21. The van der Waals surface area contributed by atoms with E-state index >= 15 is 0 Å². The molecule has 0 saturated carbocycles. The van der Waals surface area contributed by atoms with E-state index in [1.807, 2.05) is 12.1 Å². The lowest BCUT2D eigenvalue weighted by atomic mass is 10.2. The monoisotopic (exact) mass is 454 g/mol. The standard InChI is InChI=1S/C18H16Br2O4/c19-11-15(23-17(21)13-7-3-1-4-8-13)16(12-20)24-18(22)14-9-5-2-6-10-14/h1-10,15-16H,11-12H2. The summed E-state index contributed by atoms with van der Waals surface area (Å²) in [5.41, 5.74) is 0.900. The lowest BCUT2D eigenvalue weighted by Gasteiger charge is -2.24. The second kappa shape index (κ2) is 9.59. The molecule has 4 nitrogen and oxygen atoms in total. The van der Waals surface area contributed by atoms with Crippen LogP contribution in [0.25, 0.3) is 0 Å². The maximum absolute atomic E-state index is 12.2. The SMILES string of the molecule is O=C(OC(CBr)C(CBr)OC(=O)c1ccccc1)c1ccccc1. The zero-order valence-corrected chi connectivity index (χ0v) is 15.9. The highest BCUT2D eigenvalue weighted by molar-refractivity contribution is 9.09. The second-order valence-electron chi connectivity index (χ2n) is 4.93. The third-order valence-corrected chi connectivity index (χ3v) is 4.53. The van der Waals surface area contributed by atoms with Gasteiger partial charge in [0, 0.05) is 10.7 Å². The molecule has 0 aromatic heterocycles. The summed E-state index contributed by atoms with van der Waals surface area (Å²) < 4.78 is 11.0. The van der Waals surface area contributed by atoms with Gasteiger partial charge in [-0.25, -0.2) is 9.59 Å². The van der Waals surface area contributed by atoms with Crippen LogP contribution in [0.5, 0.6) is 0 Å². The van der Waals surface area contributed by atoms with Gasteiger partial charge in [-0.1, -0.05) is 68.3 Å². The molecule has 0 radical (unpaired) electrons. The molecule has 2 unspecified atom stereocenters. The van der Waals surface area contributed by atoms with Gasteiger partial charge in [0.25, 0.3) is 0 Å². The molecular formula is C18H16Br2O4. The van der Waals surface area contributed by atoms with E-state index in [0.717, 1.165) is 0 Å². The number of benzene rings is 2.